The number of nitro groups is 1. The van der Waals surface area contributed by atoms with Crippen LogP contribution in [0.3, 0.4) is 0 Å². The summed E-state index contributed by atoms with van der Waals surface area (Å²) in [5, 5.41) is 10.7. The normalized spacial score (nSPS) is 15.1. The van der Waals surface area contributed by atoms with Crippen molar-refractivity contribution in [2.75, 3.05) is 12.3 Å². The Kier molecular flexibility index (Phi) is 3.78. The van der Waals surface area contributed by atoms with E-state index in [1.54, 1.807) is 12.1 Å². The van der Waals surface area contributed by atoms with Gasteiger partial charge >= 0.3 is 0 Å². The van der Waals surface area contributed by atoms with Crippen LogP contribution in [0.15, 0.2) is 47.4 Å². The van der Waals surface area contributed by atoms with Gasteiger partial charge in [-0.2, -0.15) is 4.31 Å². The Morgan fingerprint density at radius 2 is 1.78 bits per heavy atom. The van der Waals surface area contributed by atoms with Gasteiger partial charge in [-0.05, 0) is 41.8 Å². The van der Waals surface area contributed by atoms with E-state index in [2.05, 4.69) is 0 Å². The number of anilines is 1. The van der Waals surface area contributed by atoms with Gasteiger partial charge in [0.15, 0.2) is 0 Å². The van der Waals surface area contributed by atoms with Crippen LogP contribution < -0.4 is 5.73 Å². The Hall–Kier alpha value is -2.45. The molecule has 3 rings (SSSR count). The van der Waals surface area contributed by atoms with Crippen molar-refractivity contribution in [1.29, 1.82) is 0 Å². The van der Waals surface area contributed by atoms with E-state index in [4.69, 9.17) is 5.73 Å². The highest BCUT2D eigenvalue weighted by atomic mass is 32.2. The third kappa shape index (κ3) is 2.90. The number of fused-ring (bicyclic) bond motifs is 1. The summed E-state index contributed by atoms with van der Waals surface area (Å²) in [6.07, 6.45) is 0.613. The fourth-order valence-corrected chi connectivity index (χ4v) is 4.06. The average Bonchev–Trinajstić information content (AvgIpc) is 2.54. The van der Waals surface area contributed by atoms with E-state index in [1.165, 1.54) is 28.6 Å². The molecule has 7 nitrogen and oxygen atoms in total. The third-order valence-corrected chi connectivity index (χ3v) is 5.75. The molecule has 0 aromatic heterocycles. The predicted molar refractivity (Wildman–Crippen MR) is 85.3 cm³/mol. The van der Waals surface area contributed by atoms with E-state index in [0.29, 0.717) is 18.7 Å². The standard InChI is InChI=1S/C15H15N3O4S/c16-13-2-1-11-7-8-17(10-12(11)9-13)23(21,22)15-5-3-14(4-6-15)18(19)20/h1-6,9H,7-8,10,16H2. The van der Waals surface area contributed by atoms with E-state index in [9.17, 15) is 18.5 Å². The molecule has 0 fully saturated rings. The van der Waals surface area contributed by atoms with Crippen LogP contribution in [0.5, 0.6) is 0 Å². The minimum Gasteiger partial charge on any atom is -0.399 e. The van der Waals surface area contributed by atoms with Crippen molar-refractivity contribution in [3.63, 3.8) is 0 Å². The van der Waals surface area contributed by atoms with Crippen molar-refractivity contribution in [3.8, 4) is 0 Å². The maximum Gasteiger partial charge on any atom is 0.269 e. The number of hydrogen-bond donors (Lipinski definition) is 1. The maximum atomic E-state index is 12.7. The summed E-state index contributed by atoms with van der Waals surface area (Å²) in [4.78, 5) is 10.2. The number of nitro benzene ring substituents is 1. The lowest BCUT2D eigenvalue weighted by Crippen LogP contribution is -2.36. The van der Waals surface area contributed by atoms with Crippen molar-refractivity contribution >= 4 is 21.4 Å². The first-order valence-corrected chi connectivity index (χ1v) is 8.44. The molecule has 0 aliphatic carbocycles. The molecule has 0 bridgehead atoms. The summed E-state index contributed by atoms with van der Waals surface area (Å²) in [6.45, 7) is 0.621. The van der Waals surface area contributed by atoms with E-state index < -0.39 is 14.9 Å². The molecule has 2 N–H and O–H groups in total. The molecular weight excluding hydrogens is 318 g/mol. The van der Waals surface area contributed by atoms with Gasteiger partial charge in [0.2, 0.25) is 10.0 Å². The van der Waals surface area contributed by atoms with Gasteiger partial charge in [-0.25, -0.2) is 8.42 Å². The molecule has 0 saturated heterocycles. The van der Waals surface area contributed by atoms with Crippen LogP contribution in [0.1, 0.15) is 11.1 Å². The average molecular weight is 333 g/mol. The van der Waals surface area contributed by atoms with Gasteiger partial charge < -0.3 is 5.73 Å². The lowest BCUT2D eigenvalue weighted by molar-refractivity contribution is -0.384. The maximum absolute atomic E-state index is 12.7. The third-order valence-electron chi connectivity index (χ3n) is 3.89. The molecule has 0 unspecified atom stereocenters. The zero-order chi connectivity index (χ0) is 16.6. The molecule has 0 radical (unpaired) electrons. The molecule has 0 spiro atoms. The number of nitrogens with two attached hydrogens (primary N) is 1. The van der Waals surface area contributed by atoms with E-state index >= 15 is 0 Å². The van der Waals surface area contributed by atoms with E-state index in [0.717, 1.165) is 11.1 Å². The largest absolute Gasteiger partial charge is 0.399 e. The van der Waals surface area contributed by atoms with Crippen molar-refractivity contribution in [3.05, 3.63) is 63.7 Å². The zero-order valence-electron chi connectivity index (χ0n) is 12.2. The number of sulfonamides is 1. The fourth-order valence-electron chi connectivity index (χ4n) is 2.65. The molecule has 0 saturated carbocycles. The molecule has 1 heterocycles. The molecular formula is C15H15N3O4S. The molecule has 1 aliphatic heterocycles. The van der Waals surface area contributed by atoms with Crippen LogP contribution in [-0.2, 0) is 23.0 Å². The van der Waals surface area contributed by atoms with Crippen LogP contribution in [0.25, 0.3) is 0 Å². The monoisotopic (exact) mass is 333 g/mol. The Morgan fingerprint density at radius 1 is 1.09 bits per heavy atom. The number of nitrogens with zero attached hydrogens (tertiary/aromatic N) is 2. The Labute approximate surface area is 133 Å². The molecule has 8 heteroatoms. The van der Waals surface area contributed by atoms with Crippen molar-refractivity contribution in [2.45, 2.75) is 17.9 Å². The Balaban J connectivity index is 1.90. The summed E-state index contributed by atoms with van der Waals surface area (Å²) in [5.74, 6) is 0. The highest BCUT2D eigenvalue weighted by Crippen LogP contribution is 2.27. The number of benzene rings is 2. The highest BCUT2D eigenvalue weighted by Gasteiger charge is 2.28. The topological polar surface area (TPSA) is 107 Å². The first kappa shape index (κ1) is 15.4. The summed E-state index contributed by atoms with van der Waals surface area (Å²) in [7, 11) is -3.69. The van der Waals surface area contributed by atoms with Gasteiger partial charge in [-0.15, -0.1) is 0 Å². The number of rotatable bonds is 3. The number of hydrogen-bond acceptors (Lipinski definition) is 5. The van der Waals surface area contributed by atoms with Gasteiger partial charge in [0.1, 0.15) is 0 Å². The summed E-state index contributed by atoms with van der Waals surface area (Å²) in [5.41, 5.74) is 8.20. The molecule has 0 amide bonds. The van der Waals surface area contributed by atoms with Crippen LogP contribution in [0.4, 0.5) is 11.4 Å². The summed E-state index contributed by atoms with van der Waals surface area (Å²) >= 11 is 0. The summed E-state index contributed by atoms with van der Waals surface area (Å²) < 4.78 is 26.7. The van der Waals surface area contributed by atoms with Gasteiger partial charge in [0, 0.05) is 30.9 Å². The number of non-ortho nitro benzene ring substituents is 1. The van der Waals surface area contributed by atoms with Crippen molar-refractivity contribution in [2.24, 2.45) is 0 Å². The lowest BCUT2D eigenvalue weighted by Gasteiger charge is -2.28. The van der Waals surface area contributed by atoms with Gasteiger partial charge in [-0.1, -0.05) is 6.07 Å². The molecule has 23 heavy (non-hydrogen) atoms. The second kappa shape index (κ2) is 5.64. The minimum atomic E-state index is -3.69. The smallest absolute Gasteiger partial charge is 0.269 e. The second-order valence-corrected chi connectivity index (χ2v) is 7.31. The molecule has 0 atom stereocenters. The van der Waals surface area contributed by atoms with Crippen LogP contribution in [0, 0.1) is 10.1 Å². The fraction of sp³-hybridized carbons (Fsp3) is 0.200. The quantitative estimate of drug-likeness (QED) is 0.525. The Bertz CT molecular complexity index is 863. The van der Waals surface area contributed by atoms with Gasteiger partial charge in [0.05, 0.1) is 9.82 Å². The second-order valence-electron chi connectivity index (χ2n) is 5.37. The summed E-state index contributed by atoms with van der Waals surface area (Å²) in [6, 6.07) is 10.4. The number of nitrogen functional groups attached to an aromatic ring is 1. The van der Waals surface area contributed by atoms with Gasteiger partial charge in [0.25, 0.3) is 5.69 Å². The highest BCUT2D eigenvalue weighted by molar-refractivity contribution is 7.89. The molecule has 2 aromatic rings. The van der Waals surface area contributed by atoms with Gasteiger partial charge in [-0.3, -0.25) is 10.1 Å². The Morgan fingerprint density at radius 3 is 2.43 bits per heavy atom. The van der Waals surface area contributed by atoms with E-state index in [-0.39, 0.29) is 17.1 Å². The lowest BCUT2D eigenvalue weighted by atomic mass is 10.0. The SMILES string of the molecule is Nc1ccc2c(c1)CN(S(=O)(=O)c1ccc([N+](=O)[O-])cc1)CC2. The van der Waals surface area contributed by atoms with Crippen molar-refractivity contribution in [1.82, 2.24) is 4.31 Å². The van der Waals surface area contributed by atoms with Crippen LogP contribution >= 0.6 is 0 Å². The van der Waals surface area contributed by atoms with Crippen LogP contribution in [-0.4, -0.2) is 24.2 Å². The van der Waals surface area contributed by atoms with Crippen LogP contribution in [0.2, 0.25) is 0 Å². The first-order chi connectivity index (χ1) is 10.9. The molecule has 2 aromatic carbocycles. The van der Waals surface area contributed by atoms with Crippen molar-refractivity contribution < 1.29 is 13.3 Å². The minimum absolute atomic E-state index is 0.0513. The van der Waals surface area contributed by atoms with E-state index in [1.807, 2.05) is 6.07 Å². The predicted octanol–water partition coefficient (Wildman–Crippen LogP) is 1.92. The molecule has 1 aliphatic rings. The zero-order valence-corrected chi connectivity index (χ0v) is 13.0. The molecule has 120 valence electrons. The first-order valence-electron chi connectivity index (χ1n) is 7.00.